The average molecular weight is 324 g/mol. The molecular weight excluding hydrogens is 304 g/mol. The van der Waals surface area contributed by atoms with Crippen molar-refractivity contribution >= 4 is 11.3 Å². The Morgan fingerprint density at radius 3 is 1.26 bits per heavy atom. The third-order valence-corrected chi connectivity index (χ3v) is 5.64. The highest BCUT2D eigenvalue weighted by molar-refractivity contribution is 7.19. The van der Waals surface area contributed by atoms with E-state index >= 15 is 0 Å². The summed E-state index contributed by atoms with van der Waals surface area (Å²) in [6, 6.07) is 16.5. The Bertz CT molecular complexity index is 731. The molecule has 0 bridgehead atoms. The van der Waals surface area contributed by atoms with E-state index in [4.69, 9.17) is 9.47 Å². The van der Waals surface area contributed by atoms with E-state index in [1.165, 1.54) is 32.0 Å². The minimum atomic E-state index is 0.884. The van der Waals surface area contributed by atoms with Gasteiger partial charge in [-0.25, -0.2) is 0 Å². The molecule has 0 radical (unpaired) electrons. The summed E-state index contributed by atoms with van der Waals surface area (Å²) in [4.78, 5) is 2.63. The second-order valence-corrected chi connectivity index (χ2v) is 6.49. The van der Waals surface area contributed by atoms with Crippen molar-refractivity contribution in [2.45, 2.75) is 13.8 Å². The van der Waals surface area contributed by atoms with Crippen molar-refractivity contribution in [2.75, 3.05) is 14.2 Å². The van der Waals surface area contributed by atoms with E-state index in [1.807, 2.05) is 35.6 Å². The molecule has 0 saturated carbocycles. The van der Waals surface area contributed by atoms with Gasteiger partial charge in [0.15, 0.2) is 0 Å². The topological polar surface area (TPSA) is 18.5 Å². The Kier molecular flexibility index (Phi) is 4.39. The molecule has 0 unspecified atom stereocenters. The van der Waals surface area contributed by atoms with Crippen LogP contribution in [0, 0.1) is 13.8 Å². The number of methoxy groups -OCH3 is 2. The summed E-state index contributed by atoms with van der Waals surface area (Å²) in [5, 5.41) is 0. The van der Waals surface area contributed by atoms with E-state index in [9.17, 15) is 0 Å². The SMILES string of the molecule is COc1ccc(-c2sc(-c3ccc(OC)cc3)c(C)c2C)cc1. The molecular formula is C20H20O2S. The minimum Gasteiger partial charge on any atom is -0.497 e. The van der Waals surface area contributed by atoms with Crippen molar-refractivity contribution < 1.29 is 9.47 Å². The molecule has 0 spiro atoms. The molecule has 1 heterocycles. The number of thiophene rings is 1. The van der Waals surface area contributed by atoms with E-state index in [0.717, 1.165) is 11.5 Å². The van der Waals surface area contributed by atoms with Crippen LogP contribution in [0.15, 0.2) is 48.5 Å². The zero-order valence-electron chi connectivity index (χ0n) is 13.8. The van der Waals surface area contributed by atoms with Gasteiger partial charge in [-0.15, -0.1) is 11.3 Å². The molecule has 3 rings (SSSR count). The Labute approximate surface area is 141 Å². The van der Waals surface area contributed by atoms with Crippen LogP contribution < -0.4 is 9.47 Å². The molecule has 0 aliphatic carbocycles. The van der Waals surface area contributed by atoms with Crippen LogP contribution >= 0.6 is 11.3 Å². The highest BCUT2D eigenvalue weighted by atomic mass is 32.1. The van der Waals surface area contributed by atoms with Gasteiger partial charge in [0, 0.05) is 9.75 Å². The van der Waals surface area contributed by atoms with Gasteiger partial charge < -0.3 is 9.47 Å². The lowest BCUT2D eigenvalue weighted by Crippen LogP contribution is -1.83. The molecule has 0 amide bonds. The number of hydrogen-bond donors (Lipinski definition) is 0. The van der Waals surface area contributed by atoms with Gasteiger partial charge in [0.2, 0.25) is 0 Å². The van der Waals surface area contributed by atoms with Crippen LogP contribution in [0.5, 0.6) is 11.5 Å². The molecule has 0 saturated heterocycles. The van der Waals surface area contributed by atoms with Crippen molar-refractivity contribution in [1.82, 2.24) is 0 Å². The van der Waals surface area contributed by atoms with Crippen LogP contribution in [0.2, 0.25) is 0 Å². The first-order valence-electron chi connectivity index (χ1n) is 7.53. The van der Waals surface area contributed by atoms with Gasteiger partial charge in [-0.05, 0) is 84.6 Å². The lowest BCUT2D eigenvalue weighted by atomic mass is 10.0. The first-order chi connectivity index (χ1) is 11.1. The monoisotopic (exact) mass is 324 g/mol. The second kappa shape index (κ2) is 6.47. The maximum atomic E-state index is 5.25. The number of rotatable bonds is 4. The smallest absolute Gasteiger partial charge is 0.118 e. The van der Waals surface area contributed by atoms with Gasteiger partial charge >= 0.3 is 0 Å². The fraction of sp³-hybridized carbons (Fsp3) is 0.200. The van der Waals surface area contributed by atoms with E-state index in [0.29, 0.717) is 0 Å². The first-order valence-corrected chi connectivity index (χ1v) is 8.34. The molecule has 3 heteroatoms. The fourth-order valence-corrected chi connectivity index (χ4v) is 3.96. The molecule has 0 aliphatic rings. The maximum absolute atomic E-state index is 5.25. The van der Waals surface area contributed by atoms with Gasteiger partial charge in [-0.1, -0.05) is 0 Å². The summed E-state index contributed by atoms with van der Waals surface area (Å²) in [5.41, 5.74) is 5.14. The third kappa shape index (κ3) is 2.97. The molecule has 1 aromatic heterocycles. The van der Waals surface area contributed by atoms with Crippen LogP contribution in [-0.2, 0) is 0 Å². The maximum Gasteiger partial charge on any atom is 0.118 e. The summed E-state index contributed by atoms with van der Waals surface area (Å²) >= 11 is 1.84. The van der Waals surface area contributed by atoms with Crippen molar-refractivity contribution in [3.8, 4) is 32.4 Å². The largest absolute Gasteiger partial charge is 0.497 e. The molecule has 2 nitrogen and oxygen atoms in total. The molecule has 3 aromatic rings. The number of benzene rings is 2. The Morgan fingerprint density at radius 2 is 0.957 bits per heavy atom. The van der Waals surface area contributed by atoms with E-state index < -0.39 is 0 Å². The molecule has 0 fully saturated rings. The van der Waals surface area contributed by atoms with E-state index in [-0.39, 0.29) is 0 Å². The van der Waals surface area contributed by atoms with Gasteiger partial charge in [-0.3, -0.25) is 0 Å². The van der Waals surface area contributed by atoms with E-state index in [1.54, 1.807) is 14.2 Å². The van der Waals surface area contributed by atoms with Crippen LogP contribution in [0.1, 0.15) is 11.1 Å². The fourth-order valence-electron chi connectivity index (χ4n) is 2.63. The molecule has 0 N–H and O–H groups in total. The van der Waals surface area contributed by atoms with Crippen LogP contribution in [0.25, 0.3) is 20.9 Å². The summed E-state index contributed by atoms with van der Waals surface area (Å²) in [6.07, 6.45) is 0. The summed E-state index contributed by atoms with van der Waals surface area (Å²) in [5.74, 6) is 1.77. The lowest BCUT2D eigenvalue weighted by molar-refractivity contribution is 0.415. The molecule has 0 aliphatic heterocycles. The normalized spacial score (nSPS) is 10.6. The van der Waals surface area contributed by atoms with Gasteiger partial charge in [-0.2, -0.15) is 0 Å². The number of ether oxygens (including phenoxy) is 2. The lowest BCUT2D eigenvalue weighted by Gasteiger charge is -2.03. The summed E-state index contributed by atoms with van der Waals surface area (Å²) < 4.78 is 10.5. The Morgan fingerprint density at radius 1 is 0.609 bits per heavy atom. The zero-order chi connectivity index (χ0) is 16.4. The molecule has 0 atom stereocenters. The molecule has 2 aromatic carbocycles. The predicted molar refractivity (Wildman–Crippen MR) is 97.8 cm³/mol. The van der Waals surface area contributed by atoms with Crippen LogP contribution in [0.3, 0.4) is 0 Å². The van der Waals surface area contributed by atoms with Gasteiger partial charge in [0.05, 0.1) is 14.2 Å². The van der Waals surface area contributed by atoms with Gasteiger partial charge in [0.1, 0.15) is 11.5 Å². The van der Waals surface area contributed by atoms with Gasteiger partial charge in [0.25, 0.3) is 0 Å². The average Bonchev–Trinajstić information content (AvgIpc) is 2.91. The Balaban J connectivity index is 2.03. The van der Waals surface area contributed by atoms with Crippen molar-refractivity contribution in [2.24, 2.45) is 0 Å². The zero-order valence-corrected chi connectivity index (χ0v) is 14.7. The third-order valence-electron chi connectivity index (χ3n) is 4.15. The Hall–Kier alpha value is -2.26. The van der Waals surface area contributed by atoms with Crippen molar-refractivity contribution in [3.63, 3.8) is 0 Å². The molecule has 23 heavy (non-hydrogen) atoms. The minimum absolute atomic E-state index is 0.884. The standard InChI is InChI=1S/C20H20O2S/c1-13-14(2)20(16-7-11-18(22-4)12-8-16)23-19(13)15-5-9-17(21-3)10-6-15/h5-12H,1-4H3. The highest BCUT2D eigenvalue weighted by Gasteiger charge is 2.14. The van der Waals surface area contributed by atoms with Crippen LogP contribution in [-0.4, -0.2) is 14.2 Å². The van der Waals surface area contributed by atoms with Crippen molar-refractivity contribution in [1.29, 1.82) is 0 Å². The molecule has 118 valence electrons. The van der Waals surface area contributed by atoms with Crippen LogP contribution in [0.4, 0.5) is 0 Å². The number of hydrogen-bond acceptors (Lipinski definition) is 3. The quantitative estimate of drug-likeness (QED) is 0.611. The summed E-state index contributed by atoms with van der Waals surface area (Å²) in [7, 11) is 3.38. The highest BCUT2D eigenvalue weighted by Crippen LogP contribution is 2.42. The second-order valence-electron chi connectivity index (χ2n) is 5.47. The summed E-state index contributed by atoms with van der Waals surface area (Å²) in [6.45, 7) is 4.39. The predicted octanol–water partition coefficient (Wildman–Crippen LogP) is 5.72. The first kappa shape index (κ1) is 15.6. The van der Waals surface area contributed by atoms with Crippen molar-refractivity contribution in [3.05, 3.63) is 59.7 Å². The van der Waals surface area contributed by atoms with E-state index in [2.05, 4.69) is 38.1 Å².